The zero-order chi connectivity index (χ0) is 16.8. The van der Waals surface area contributed by atoms with Crippen LogP contribution in [-0.4, -0.2) is 40.0 Å². The Morgan fingerprint density at radius 1 is 1.17 bits per heavy atom. The van der Waals surface area contributed by atoms with Crippen LogP contribution in [0.4, 0.5) is 5.95 Å². The Kier molecular flexibility index (Phi) is 5.72. The number of amides is 1. The zero-order valence-corrected chi connectivity index (χ0v) is 14.6. The van der Waals surface area contributed by atoms with Gasteiger partial charge in [0, 0.05) is 19.6 Å². The number of imidazole rings is 1. The molecule has 1 aliphatic rings. The van der Waals surface area contributed by atoms with Crippen molar-refractivity contribution in [3.05, 3.63) is 24.3 Å². The smallest absolute Gasteiger partial charge is 0.242 e. The largest absolute Gasteiger partial charge is 0.356 e. The van der Waals surface area contributed by atoms with Crippen LogP contribution in [0.2, 0.25) is 0 Å². The van der Waals surface area contributed by atoms with E-state index in [2.05, 4.69) is 17.2 Å². The van der Waals surface area contributed by atoms with Crippen molar-refractivity contribution in [1.29, 1.82) is 0 Å². The summed E-state index contributed by atoms with van der Waals surface area (Å²) in [6.07, 6.45) is 6.96. The fourth-order valence-electron chi connectivity index (χ4n) is 3.30. The molecule has 24 heavy (non-hydrogen) atoms. The molecule has 0 aliphatic carbocycles. The number of nitrogens with zero attached hydrogens (tertiary/aromatic N) is 3. The third-order valence-corrected chi connectivity index (χ3v) is 4.72. The highest BCUT2D eigenvalue weighted by atomic mass is 16.2. The Morgan fingerprint density at radius 3 is 2.67 bits per heavy atom. The molecule has 130 valence electrons. The Labute approximate surface area is 144 Å². The fourth-order valence-corrected chi connectivity index (χ4v) is 3.30. The molecule has 1 amide bonds. The molecule has 2 heterocycles. The first kappa shape index (κ1) is 16.8. The summed E-state index contributed by atoms with van der Waals surface area (Å²) in [6.45, 7) is 5.22. The zero-order valence-electron chi connectivity index (χ0n) is 14.6. The number of aromatic nitrogens is 2. The van der Waals surface area contributed by atoms with Gasteiger partial charge in [0.2, 0.25) is 11.9 Å². The lowest BCUT2D eigenvalue weighted by Gasteiger charge is -2.21. The molecule has 5 nitrogen and oxygen atoms in total. The lowest BCUT2D eigenvalue weighted by molar-refractivity contribution is -0.131. The minimum atomic E-state index is 0.207. The summed E-state index contributed by atoms with van der Waals surface area (Å²) in [4.78, 5) is 19.5. The number of nitrogens with one attached hydrogen (secondary N) is 1. The van der Waals surface area contributed by atoms with Gasteiger partial charge in [0.25, 0.3) is 0 Å². The van der Waals surface area contributed by atoms with Crippen LogP contribution in [0.15, 0.2) is 24.3 Å². The van der Waals surface area contributed by atoms with Crippen molar-refractivity contribution in [2.75, 3.05) is 25.0 Å². The van der Waals surface area contributed by atoms with Crippen LogP contribution < -0.4 is 5.32 Å². The van der Waals surface area contributed by atoms with Crippen molar-refractivity contribution >= 4 is 22.9 Å². The molecule has 5 heteroatoms. The van der Waals surface area contributed by atoms with E-state index in [1.807, 2.05) is 33.7 Å². The highest BCUT2D eigenvalue weighted by molar-refractivity contribution is 5.83. The summed E-state index contributed by atoms with van der Waals surface area (Å²) in [5.41, 5.74) is 1.97. The highest BCUT2D eigenvalue weighted by Crippen LogP contribution is 2.20. The molecule has 0 bridgehead atoms. The molecule has 1 aromatic carbocycles. The maximum absolute atomic E-state index is 12.8. The van der Waals surface area contributed by atoms with E-state index in [9.17, 15) is 4.79 Å². The quantitative estimate of drug-likeness (QED) is 0.824. The first-order chi connectivity index (χ1) is 11.8. The molecule has 0 atom stereocenters. The molecule has 0 saturated carbocycles. The monoisotopic (exact) mass is 328 g/mol. The number of likely N-dealkylation sites (tertiary alicyclic amines) is 1. The Hall–Kier alpha value is -2.04. The van der Waals surface area contributed by atoms with Gasteiger partial charge in [-0.15, -0.1) is 0 Å². The van der Waals surface area contributed by atoms with Crippen LogP contribution in [0.1, 0.15) is 45.4 Å². The van der Waals surface area contributed by atoms with E-state index in [1.54, 1.807) is 0 Å². The van der Waals surface area contributed by atoms with E-state index in [1.165, 1.54) is 12.8 Å². The molecule has 0 spiro atoms. The topological polar surface area (TPSA) is 50.2 Å². The summed E-state index contributed by atoms with van der Waals surface area (Å²) in [5, 5.41) is 3.41. The molecule has 1 N–H and O–H groups in total. The number of rotatable bonds is 6. The highest BCUT2D eigenvalue weighted by Gasteiger charge is 2.19. The van der Waals surface area contributed by atoms with Crippen molar-refractivity contribution in [1.82, 2.24) is 14.5 Å². The molecule has 1 fully saturated rings. The second-order valence-corrected chi connectivity index (χ2v) is 6.59. The van der Waals surface area contributed by atoms with Crippen LogP contribution in [0.3, 0.4) is 0 Å². The average molecular weight is 328 g/mol. The van der Waals surface area contributed by atoms with E-state index in [0.717, 1.165) is 62.3 Å². The van der Waals surface area contributed by atoms with Gasteiger partial charge in [-0.2, -0.15) is 0 Å². The van der Waals surface area contributed by atoms with E-state index < -0.39 is 0 Å². The number of anilines is 1. The molecule has 1 aliphatic heterocycles. The van der Waals surface area contributed by atoms with Crippen LogP contribution in [0.5, 0.6) is 0 Å². The van der Waals surface area contributed by atoms with E-state index in [-0.39, 0.29) is 5.91 Å². The number of hydrogen-bond donors (Lipinski definition) is 1. The second kappa shape index (κ2) is 8.18. The number of fused-ring (bicyclic) bond motifs is 1. The maximum Gasteiger partial charge on any atom is 0.242 e. The molecule has 1 aromatic heterocycles. The fraction of sp³-hybridized carbons (Fsp3) is 0.579. The minimum absolute atomic E-state index is 0.207. The lowest BCUT2D eigenvalue weighted by Crippen LogP contribution is -2.34. The summed E-state index contributed by atoms with van der Waals surface area (Å²) in [6, 6.07) is 8.05. The van der Waals surface area contributed by atoms with Crippen molar-refractivity contribution in [3.63, 3.8) is 0 Å². The molecular weight excluding hydrogens is 300 g/mol. The van der Waals surface area contributed by atoms with E-state index in [4.69, 9.17) is 0 Å². The average Bonchev–Trinajstić information content (AvgIpc) is 2.78. The second-order valence-electron chi connectivity index (χ2n) is 6.59. The normalized spacial score (nSPS) is 15.5. The third kappa shape index (κ3) is 3.89. The van der Waals surface area contributed by atoms with Gasteiger partial charge in [-0.3, -0.25) is 4.79 Å². The number of carbonyl (C=O) groups excluding carboxylic acids is 1. The van der Waals surface area contributed by atoms with Crippen molar-refractivity contribution in [3.8, 4) is 0 Å². The number of carbonyl (C=O) groups is 1. The minimum Gasteiger partial charge on any atom is -0.356 e. The van der Waals surface area contributed by atoms with E-state index >= 15 is 0 Å². The van der Waals surface area contributed by atoms with Gasteiger partial charge >= 0.3 is 0 Å². The lowest BCUT2D eigenvalue weighted by atomic mass is 10.2. The van der Waals surface area contributed by atoms with Crippen molar-refractivity contribution in [2.45, 2.75) is 52.0 Å². The first-order valence-corrected chi connectivity index (χ1v) is 9.26. The summed E-state index contributed by atoms with van der Waals surface area (Å²) in [7, 11) is 0. The van der Waals surface area contributed by atoms with Gasteiger partial charge in [-0.05, 0) is 31.4 Å². The van der Waals surface area contributed by atoms with Crippen LogP contribution in [0, 0.1) is 0 Å². The standard InChI is InChI=1S/C19H28N4O/c1-2-3-12-20-19-21-16-10-6-7-11-17(16)23(19)15-18(24)22-13-8-4-5-9-14-22/h6-7,10-11H,2-5,8-9,12-15H2,1H3,(H,20,21). The Morgan fingerprint density at radius 2 is 1.92 bits per heavy atom. The van der Waals surface area contributed by atoms with Gasteiger partial charge in [-0.25, -0.2) is 4.98 Å². The number of unbranched alkanes of at least 4 members (excludes halogenated alkanes) is 1. The molecule has 0 unspecified atom stereocenters. The maximum atomic E-state index is 12.8. The predicted molar refractivity (Wildman–Crippen MR) is 98.2 cm³/mol. The van der Waals surface area contributed by atoms with Gasteiger partial charge in [0.05, 0.1) is 11.0 Å². The van der Waals surface area contributed by atoms with E-state index in [0.29, 0.717) is 6.54 Å². The van der Waals surface area contributed by atoms with Gasteiger partial charge < -0.3 is 14.8 Å². The number of benzene rings is 1. The predicted octanol–water partition coefficient (Wildman–Crippen LogP) is 3.65. The summed E-state index contributed by atoms with van der Waals surface area (Å²) >= 11 is 0. The molecule has 3 rings (SSSR count). The molecule has 0 radical (unpaired) electrons. The van der Waals surface area contributed by atoms with Crippen LogP contribution >= 0.6 is 0 Å². The van der Waals surface area contributed by atoms with Crippen molar-refractivity contribution < 1.29 is 4.79 Å². The molecule has 2 aromatic rings. The molecule has 1 saturated heterocycles. The first-order valence-electron chi connectivity index (χ1n) is 9.26. The Bertz CT molecular complexity index is 671. The summed E-state index contributed by atoms with van der Waals surface area (Å²) < 4.78 is 2.04. The number of para-hydroxylation sites is 2. The van der Waals surface area contributed by atoms with Gasteiger partial charge in [-0.1, -0.05) is 38.3 Å². The number of hydrogen-bond acceptors (Lipinski definition) is 3. The van der Waals surface area contributed by atoms with Gasteiger partial charge in [0.15, 0.2) is 0 Å². The Balaban J connectivity index is 1.80. The summed E-state index contributed by atoms with van der Waals surface area (Å²) in [5.74, 6) is 1.02. The van der Waals surface area contributed by atoms with Crippen molar-refractivity contribution in [2.24, 2.45) is 0 Å². The van der Waals surface area contributed by atoms with Crippen LogP contribution in [-0.2, 0) is 11.3 Å². The van der Waals surface area contributed by atoms with Gasteiger partial charge in [0.1, 0.15) is 6.54 Å². The third-order valence-electron chi connectivity index (χ3n) is 4.72. The SMILES string of the molecule is CCCCNc1nc2ccccc2n1CC(=O)N1CCCCCC1. The van der Waals surface area contributed by atoms with Crippen LogP contribution in [0.25, 0.3) is 11.0 Å². The molecular formula is C19H28N4O.